The van der Waals surface area contributed by atoms with Gasteiger partial charge in [-0.15, -0.1) is 0 Å². The number of carbonyl (C=O) groups is 1. The molecular weight excluding hydrogens is 239 g/mol. The Morgan fingerprint density at radius 3 is 2.41 bits per heavy atom. The predicted molar refractivity (Wildman–Crippen MR) is 66.8 cm³/mol. The van der Waals surface area contributed by atoms with Crippen molar-refractivity contribution in [1.82, 2.24) is 0 Å². The molecule has 1 aliphatic carbocycles. The Morgan fingerprint density at radius 2 is 2.00 bits per heavy atom. The summed E-state index contributed by atoms with van der Waals surface area (Å²) in [4.78, 5) is 29.2. The average molecular weight is 262 g/mol. The maximum Gasteiger partial charge on any atom is 0.325 e. The zero-order valence-corrected chi connectivity index (χ0v) is 11.7. The quantitative estimate of drug-likeness (QED) is 0.747. The van der Waals surface area contributed by atoms with Crippen LogP contribution in [0.2, 0.25) is 0 Å². The van der Waals surface area contributed by atoms with Crippen molar-refractivity contribution in [2.45, 2.75) is 46.5 Å². The Balaban J connectivity index is 2.51. The molecule has 1 rings (SSSR count). The third-order valence-corrected chi connectivity index (χ3v) is 4.99. The summed E-state index contributed by atoms with van der Waals surface area (Å²) in [5.74, 6) is 0.782. The fourth-order valence-electron chi connectivity index (χ4n) is 2.99. The molecule has 2 N–H and O–H groups in total. The van der Waals surface area contributed by atoms with Crippen molar-refractivity contribution in [3.05, 3.63) is 0 Å². The lowest BCUT2D eigenvalue weighted by molar-refractivity contribution is -0.121. The van der Waals surface area contributed by atoms with Gasteiger partial charge >= 0.3 is 7.60 Å². The summed E-state index contributed by atoms with van der Waals surface area (Å²) in [5, 5.41) is 0. The molecule has 1 fully saturated rings. The molecule has 4 nitrogen and oxygen atoms in total. The minimum absolute atomic E-state index is 0.0131. The predicted octanol–water partition coefficient (Wildman–Crippen LogP) is 2.59. The van der Waals surface area contributed by atoms with E-state index in [0.717, 1.165) is 12.8 Å². The van der Waals surface area contributed by atoms with E-state index < -0.39 is 7.60 Å². The average Bonchev–Trinajstić information content (AvgIpc) is 2.45. The van der Waals surface area contributed by atoms with E-state index in [4.69, 9.17) is 9.79 Å². The Labute approximate surface area is 103 Å². The third kappa shape index (κ3) is 4.20. The van der Waals surface area contributed by atoms with Crippen molar-refractivity contribution in [1.29, 1.82) is 0 Å². The van der Waals surface area contributed by atoms with E-state index in [2.05, 4.69) is 13.8 Å². The van der Waals surface area contributed by atoms with Crippen LogP contribution in [0.4, 0.5) is 0 Å². The van der Waals surface area contributed by atoms with Gasteiger partial charge in [0.05, 0.1) is 0 Å². The van der Waals surface area contributed by atoms with Gasteiger partial charge in [-0.05, 0) is 30.6 Å². The second-order valence-electron chi connectivity index (χ2n) is 5.88. The number of rotatable bonds is 5. The lowest BCUT2D eigenvalue weighted by Gasteiger charge is -2.34. The van der Waals surface area contributed by atoms with Gasteiger partial charge in [0.15, 0.2) is 0 Å². The molecule has 0 radical (unpaired) electrons. The first kappa shape index (κ1) is 14.9. The van der Waals surface area contributed by atoms with Crippen LogP contribution < -0.4 is 0 Å². The summed E-state index contributed by atoms with van der Waals surface area (Å²) >= 11 is 0. The highest BCUT2D eigenvalue weighted by atomic mass is 31.2. The summed E-state index contributed by atoms with van der Waals surface area (Å²) in [6.07, 6.45) is 2.82. The van der Waals surface area contributed by atoms with Crippen LogP contribution in [0.5, 0.6) is 0 Å². The Morgan fingerprint density at radius 1 is 1.41 bits per heavy atom. The highest BCUT2D eigenvalue weighted by Crippen LogP contribution is 2.46. The summed E-state index contributed by atoms with van der Waals surface area (Å²) < 4.78 is 10.8. The van der Waals surface area contributed by atoms with E-state index in [1.165, 1.54) is 0 Å². The Kier molecular flexibility index (Phi) is 4.56. The van der Waals surface area contributed by atoms with Gasteiger partial charge in [-0.2, -0.15) is 0 Å². The van der Waals surface area contributed by atoms with Gasteiger partial charge in [-0.25, -0.2) is 0 Å². The van der Waals surface area contributed by atoms with Gasteiger partial charge < -0.3 is 9.79 Å². The maximum absolute atomic E-state index is 11.5. The van der Waals surface area contributed by atoms with E-state index in [1.807, 2.05) is 6.92 Å². The Hall–Kier alpha value is -0.180. The van der Waals surface area contributed by atoms with Gasteiger partial charge in [-0.3, -0.25) is 9.36 Å². The Bertz CT molecular complexity index is 331. The minimum atomic E-state index is -3.88. The zero-order chi connectivity index (χ0) is 13.3. The molecule has 0 spiro atoms. The van der Waals surface area contributed by atoms with Gasteiger partial charge in [0.2, 0.25) is 0 Å². The van der Waals surface area contributed by atoms with E-state index in [0.29, 0.717) is 24.5 Å². The van der Waals surface area contributed by atoms with E-state index >= 15 is 0 Å². The molecule has 0 amide bonds. The molecule has 1 saturated carbocycles. The maximum atomic E-state index is 11.5. The highest BCUT2D eigenvalue weighted by molar-refractivity contribution is 7.51. The lowest BCUT2D eigenvalue weighted by atomic mass is 9.71. The van der Waals surface area contributed by atoms with E-state index in [9.17, 15) is 9.36 Å². The second kappa shape index (κ2) is 5.21. The SMILES string of the molecule is C[C@H]1C(=O)CCC1C(C)(C)CCCP(=O)(O)O. The fourth-order valence-corrected chi connectivity index (χ4v) is 3.56. The highest BCUT2D eigenvalue weighted by Gasteiger charge is 2.40. The van der Waals surface area contributed by atoms with Crippen LogP contribution >= 0.6 is 7.60 Å². The number of Topliss-reactive ketones (excluding diaryl/α,β-unsaturated/α-hetero) is 1. The number of hydrogen-bond donors (Lipinski definition) is 2. The summed E-state index contributed by atoms with van der Waals surface area (Å²) in [5.41, 5.74) is -0.0131. The number of hydrogen-bond acceptors (Lipinski definition) is 2. The summed E-state index contributed by atoms with van der Waals surface area (Å²) in [7, 11) is -3.88. The van der Waals surface area contributed by atoms with Crippen molar-refractivity contribution in [2.75, 3.05) is 6.16 Å². The van der Waals surface area contributed by atoms with Crippen LogP contribution in [0.25, 0.3) is 0 Å². The molecular formula is C12H23O4P. The van der Waals surface area contributed by atoms with Crippen molar-refractivity contribution in [2.24, 2.45) is 17.3 Å². The zero-order valence-electron chi connectivity index (χ0n) is 10.8. The van der Waals surface area contributed by atoms with Crippen molar-refractivity contribution in [3.8, 4) is 0 Å². The van der Waals surface area contributed by atoms with Gasteiger partial charge in [0.1, 0.15) is 5.78 Å². The molecule has 2 atom stereocenters. The molecule has 0 aromatic rings. The molecule has 100 valence electrons. The van der Waals surface area contributed by atoms with Crippen LogP contribution in [0, 0.1) is 17.3 Å². The standard InChI is InChI=1S/C12H23O4P/c1-9-10(5-6-11(9)13)12(2,3)7-4-8-17(14,15)16/h9-10H,4-8H2,1-3H3,(H2,14,15,16)/t9-,10?/m1/s1. The van der Waals surface area contributed by atoms with Crippen molar-refractivity contribution in [3.63, 3.8) is 0 Å². The molecule has 0 heterocycles. The molecule has 0 saturated heterocycles. The van der Waals surface area contributed by atoms with Gasteiger partial charge in [0, 0.05) is 18.5 Å². The van der Waals surface area contributed by atoms with E-state index in [-0.39, 0.29) is 17.5 Å². The van der Waals surface area contributed by atoms with Crippen LogP contribution in [-0.2, 0) is 9.36 Å². The molecule has 5 heteroatoms. The topological polar surface area (TPSA) is 74.6 Å². The molecule has 1 aliphatic rings. The monoisotopic (exact) mass is 262 g/mol. The summed E-state index contributed by atoms with van der Waals surface area (Å²) in [6, 6.07) is 0. The lowest BCUT2D eigenvalue weighted by Crippen LogP contribution is -2.28. The van der Waals surface area contributed by atoms with Crippen LogP contribution in [0.1, 0.15) is 46.5 Å². The van der Waals surface area contributed by atoms with Gasteiger partial charge in [-0.1, -0.05) is 20.8 Å². The molecule has 0 aromatic heterocycles. The van der Waals surface area contributed by atoms with Gasteiger partial charge in [0.25, 0.3) is 0 Å². The molecule has 0 aromatic carbocycles. The van der Waals surface area contributed by atoms with E-state index in [1.54, 1.807) is 0 Å². The first-order valence-electron chi connectivity index (χ1n) is 6.21. The first-order chi connectivity index (χ1) is 7.63. The van der Waals surface area contributed by atoms with Crippen LogP contribution in [-0.4, -0.2) is 21.7 Å². The van der Waals surface area contributed by atoms with Crippen molar-refractivity contribution < 1.29 is 19.1 Å². The first-order valence-corrected chi connectivity index (χ1v) is 8.00. The number of ketones is 1. The van der Waals surface area contributed by atoms with Crippen LogP contribution in [0.15, 0.2) is 0 Å². The molecule has 1 unspecified atom stereocenters. The molecule has 17 heavy (non-hydrogen) atoms. The van der Waals surface area contributed by atoms with Crippen molar-refractivity contribution >= 4 is 13.4 Å². The second-order valence-corrected chi connectivity index (χ2v) is 7.66. The van der Waals surface area contributed by atoms with Crippen LogP contribution in [0.3, 0.4) is 0 Å². The molecule has 0 bridgehead atoms. The smallest absolute Gasteiger partial charge is 0.324 e. The molecule has 0 aliphatic heterocycles. The summed E-state index contributed by atoms with van der Waals surface area (Å²) in [6.45, 7) is 6.18. The minimum Gasteiger partial charge on any atom is -0.324 e. The largest absolute Gasteiger partial charge is 0.325 e. The third-order valence-electron chi connectivity index (χ3n) is 4.09. The number of carbonyl (C=O) groups excluding carboxylic acids is 1. The fraction of sp³-hybridized carbons (Fsp3) is 0.917. The normalized spacial score (nSPS) is 26.5.